The first kappa shape index (κ1) is 12.4. The predicted molar refractivity (Wildman–Crippen MR) is 51.8 cm³/mol. The zero-order valence-electron chi connectivity index (χ0n) is 8.80. The first-order chi connectivity index (χ1) is 7.26. The second kappa shape index (κ2) is 4.05. The van der Waals surface area contributed by atoms with Gasteiger partial charge in [-0.25, -0.2) is 0 Å². The van der Waals surface area contributed by atoms with Gasteiger partial charge >= 0.3 is 6.36 Å². The highest BCUT2D eigenvalue weighted by Gasteiger charge is 2.34. The Morgan fingerprint density at radius 3 is 2.25 bits per heavy atom. The van der Waals surface area contributed by atoms with E-state index in [1.165, 1.54) is 32.0 Å². The summed E-state index contributed by atoms with van der Waals surface area (Å²) in [5.41, 5.74) is -0.809. The summed E-state index contributed by atoms with van der Waals surface area (Å²) in [7, 11) is 0. The van der Waals surface area contributed by atoms with E-state index in [2.05, 4.69) is 4.74 Å². The number of alkyl halides is 3. The fourth-order valence-electron chi connectivity index (χ4n) is 1.26. The van der Waals surface area contributed by atoms with E-state index in [4.69, 9.17) is 5.26 Å². The summed E-state index contributed by atoms with van der Waals surface area (Å²) in [6.07, 6.45) is -4.75. The average Bonchev–Trinajstić information content (AvgIpc) is 2.16. The Balaban J connectivity index is 3.17. The van der Waals surface area contributed by atoms with E-state index in [0.29, 0.717) is 0 Å². The number of hydrogen-bond donors (Lipinski definition) is 0. The summed E-state index contributed by atoms with van der Waals surface area (Å²) < 4.78 is 40.2. The summed E-state index contributed by atoms with van der Waals surface area (Å²) in [5.74, 6) is -0.332. The normalized spacial score (nSPS) is 12.0. The second-order valence-corrected chi connectivity index (χ2v) is 3.78. The van der Waals surface area contributed by atoms with Crippen LogP contribution < -0.4 is 4.74 Å². The van der Waals surface area contributed by atoms with E-state index in [1.807, 2.05) is 6.07 Å². The molecule has 0 saturated carbocycles. The highest BCUT2D eigenvalue weighted by molar-refractivity contribution is 5.42. The van der Waals surface area contributed by atoms with Gasteiger partial charge in [0, 0.05) is 5.56 Å². The van der Waals surface area contributed by atoms with E-state index >= 15 is 0 Å². The molecule has 0 radical (unpaired) electrons. The maximum Gasteiger partial charge on any atom is 0.573 e. The van der Waals surface area contributed by atoms with Gasteiger partial charge in [-0.15, -0.1) is 13.2 Å². The molecule has 0 aliphatic heterocycles. The number of ether oxygens (including phenoxy) is 1. The molecule has 0 atom stereocenters. The van der Waals surface area contributed by atoms with Crippen molar-refractivity contribution in [1.29, 1.82) is 5.26 Å². The third kappa shape index (κ3) is 2.89. The molecule has 0 heterocycles. The second-order valence-electron chi connectivity index (χ2n) is 3.78. The van der Waals surface area contributed by atoms with Crippen molar-refractivity contribution < 1.29 is 17.9 Å². The van der Waals surface area contributed by atoms with E-state index in [0.717, 1.165) is 0 Å². The smallest absolute Gasteiger partial charge is 0.405 e. The molecular weight excluding hydrogens is 219 g/mol. The lowest BCUT2D eigenvalue weighted by Gasteiger charge is -2.20. The monoisotopic (exact) mass is 229 g/mol. The Bertz CT molecular complexity index is 418. The van der Waals surface area contributed by atoms with Crippen LogP contribution in [0.3, 0.4) is 0 Å². The molecular formula is C11H10F3NO. The number of rotatable bonds is 2. The molecule has 0 aromatic heterocycles. The number of nitrogens with zero attached hydrogens (tertiary/aromatic N) is 1. The molecule has 1 aromatic rings. The molecule has 0 unspecified atom stereocenters. The first-order valence-corrected chi connectivity index (χ1v) is 4.53. The zero-order valence-corrected chi connectivity index (χ0v) is 8.80. The topological polar surface area (TPSA) is 33.0 Å². The van der Waals surface area contributed by atoms with Crippen molar-refractivity contribution in [2.75, 3.05) is 0 Å². The van der Waals surface area contributed by atoms with Crippen molar-refractivity contribution in [3.05, 3.63) is 29.8 Å². The number of nitriles is 1. The van der Waals surface area contributed by atoms with Gasteiger partial charge in [0.25, 0.3) is 0 Å². The van der Waals surface area contributed by atoms with Crippen LogP contribution in [-0.2, 0) is 5.41 Å². The van der Waals surface area contributed by atoms with Crippen molar-refractivity contribution in [3.63, 3.8) is 0 Å². The summed E-state index contributed by atoms with van der Waals surface area (Å²) in [6, 6.07) is 7.58. The van der Waals surface area contributed by atoms with Gasteiger partial charge in [0.15, 0.2) is 0 Å². The van der Waals surface area contributed by atoms with E-state index < -0.39 is 11.8 Å². The predicted octanol–water partition coefficient (Wildman–Crippen LogP) is 3.39. The van der Waals surface area contributed by atoms with E-state index in [-0.39, 0.29) is 11.3 Å². The molecule has 0 bridgehead atoms. The van der Waals surface area contributed by atoms with E-state index in [1.54, 1.807) is 6.07 Å². The van der Waals surface area contributed by atoms with Gasteiger partial charge in [-0.1, -0.05) is 18.2 Å². The molecule has 0 N–H and O–H groups in total. The molecule has 86 valence electrons. The van der Waals surface area contributed by atoms with Crippen LogP contribution >= 0.6 is 0 Å². The minimum absolute atomic E-state index is 0.217. The molecule has 0 spiro atoms. The Labute approximate surface area is 91.3 Å². The van der Waals surface area contributed by atoms with Gasteiger partial charge in [-0.3, -0.25) is 0 Å². The van der Waals surface area contributed by atoms with Crippen molar-refractivity contribution in [2.24, 2.45) is 0 Å². The largest absolute Gasteiger partial charge is 0.573 e. The maximum absolute atomic E-state index is 12.1. The van der Waals surface area contributed by atoms with Crippen LogP contribution in [0.25, 0.3) is 0 Å². The Kier molecular flexibility index (Phi) is 3.13. The summed E-state index contributed by atoms with van der Waals surface area (Å²) in [6.45, 7) is 3.07. The van der Waals surface area contributed by atoms with Crippen LogP contribution in [0.4, 0.5) is 13.2 Å². The fourth-order valence-corrected chi connectivity index (χ4v) is 1.26. The molecule has 0 aliphatic carbocycles. The van der Waals surface area contributed by atoms with E-state index in [9.17, 15) is 13.2 Å². The van der Waals surface area contributed by atoms with Gasteiger partial charge < -0.3 is 4.74 Å². The van der Waals surface area contributed by atoms with Crippen LogP contribution in [0, 0.1) is 11.3 Å². The number of para-hydroxylation sites is 1. The molecule has 5 heteroatoms. The molecule has 0 fully saturated rings. The van der Waals surface area contributed by atoms with Gasteiger partial charge in [0.2, 0.25) is 0 Å². The summed E-state index contributed by atoms with van der Waals surface area (Å²) >= 11 is 0. The lowest BCUT2D eigenvalue weighted by Crippen LogP contribution is -2.22. The minimum Gasteiger partial charge on any atom is -0.405 e. The van der Waals surface area contributed by atoms with Gasteiger partial charge in [-0.05, 0) is 19.9 Å². The summed E-state index contributed by atoms with van der Waals surface area (Å²) in [4.78, 5) is 0. The molecule has 0 saturated heterocycles. The van der Waals surface area contributed by atoms with Crippen LogP contribution in [0.15, 0.2) is 24.3 Å². The van der Waals surface area contributed by atoms with Crippen LogP contribution in [-0.4, -0.2) is 6.36 Å². The highest BCUT2D eigenvalue weighted by atomic mass is 19.4. The SMILES string of the molecule is CC(C)(C#N)c1ccccc1OC(F)(F)F. The number of benzene rings is 1. The standard InChI is InChI=1S/C11H10F3NO/c1-10(2,7-15)8-5-3-4-6-9(8)16-11(12,13)14/h3-6H,1-2H3. The van der Waals surface area contributed by atoms with Crippen molar-refractivity contribution in [3.8, 4) is 11.8 Å². The maximum atomic E-state index is 12.1. The molecule has 0 amide bonds. The third-order valence-corrected chi connectivity index (χ3v) is 2.07. The molecule has 16 heavy (non-hydrogen) atoms. The van der Waals surface area contributed by atoms with Gasteiger partial charge in [0.1, 0.15) is 5.75 Å². The third-order valence-electron chi connectivity index (χ3n) is 2.07. The molecule has 1 rings (SSSR count). The molecule has 0 aliphatic rings. The highest BCUT2D eigenvalue weighted by Crippen LogP contribution is 2.34. The Hall–Kier alpha value is -1.70. The van der Waals surface area contributed by atoms with Crippen molar-refractivity contribution in [2.45, 2.75) is 25.6 Å². The average molecular weight is 229 g/mol. The Morgan fingerprint density at radius 1 is 1.19 bits per heavy atom. The van der Waals surface area contributed by atoms with Crippen molar-refractivity contribution >= 4 is 0 Å². The van der Waals surface area contributed by atoms with Crippen LogP contribution in [0.2, 0.25) is 0 Å². The van der Waals surface area contributed by atoms with Crippen LogP contribution in [0.5, 0.6) is 5.75 Å². The lowest BCUT2D eigenvalue weighted by molar-refractivity contribution is -0.275. The quantitative estimate of drug-likeness (QED) is 0.778. The van der Waals surface area contributed by atoms with Crippen LogP contribution in [0.1, 0.15) is 19.4 Å². The van der Waals surface area contributed by atoms with Gasteiger partial charge in [-0.2, -0.15) is 5.26 Å². The number of halogens is 3. The number of hydrogen-bond acceptors (Lipinski definition) is 2. The Morgan fingerprint density at radius 2 is 1.75 bits per heavy atom. The van der Waals surface area contributed by atoms with Gasteiger partial charge in [0.05, 0.1) is 11.5 Å². The molecule has 1 aromatic carbocycles. The zero-order chi connectivity index (χ0) is 12.4. The lowest BCUT2D eigenvalue weighted by atomic mass is 9.86. The van der Waals surface area contributed by atoms with Crippen molar-refractivity contribution in [1.82, 2.24) is 0 Å². The first-order valence-electron chi connectivity index (χ1n) is 4.53. The summed E-state index contributed by atoms with van der Waals surface area (Å²) in [5, 5.41) is 8.88. The fraction of sp³-hybridized carbons (Fsp3) is 0.364. The minimum atomic E-state index is -4.75. The molecule has 2 nitrogen and oxygen atoms in total.